The molecule has 6 heteroatoms. The molecule has 138 valence electrons. The largest absolute Gasteiger partial charge is 0.481 e. The van der Waals surface area contributed by atoms with Gasteiger partial charge in [-0.2, -0.15) is 0 Å². The van der Waals surface area contributed by atoms with Crippen LogP contribution in [0.15, 0.2) is 42.7 Å². The average molecular weight is 355 g/mol. The zero-order valence-corrected chi connectivity index (χ0v) is 15.1. The molecular weight excluding hydrogens is 330 g/mol. The van der Waals surface area contributed by atoms with Crippen LogP contribution in [0.2, 0.25) is 0 Å². The smallest absolute Gasteiger partial charge is 0.217 e. The predicted octanol–water partition coefficient (Wildman–Crippen LogP) is 2.55. The van der Waals surface area contributed by atoms with Gasteiger partial charge in [-0.15, -0.1) is 0 Å². The van der Waals surface area contributed by atoms with Gasteiger partial charge in [0.25, 0.3) is 0 Å². The molecule has 4 rings (SSSR count). The standard InChI is InChI=1S/C20H25N3O3/c1-24-19-16(5-4-10-22-19)13-23-14-20(15-23)17(8-12-26-20)7-11-25-18-6-2-3-9-21-18/h2-6,9-10,17H,7-8,11-15H2,1H3. The van der Waals surface area contributed by atoms with Crippen LogP contribution in [0.4, 0.5) is 0 Å². The molecule has 0 N–H and O–H groups in total. The minimum absolute atomic E-state index is 0.0110. The summed E-state index contributed by atoms with van der Waals surface area (Å²) in [5.74, 6) is 1.94. The third-order valence-electron chi connectivity index (χ3n) is 5.37. The van der Waals surface area contributed by atoms with Crippen LogP contribution in [0, 0.1) is 5.92 Å². The Labute approximate surface area is 154 Å². The minimum Gasteiger partial charge on any atom is -0.481 e. The molecule has 1 unspecified atom stereocenters. The third-order valence-corrected chi connectivity index (χ3v) is 5.37. The molecule has 2 saturated heterocycles. The van der Waals surface area contributed by atoms with Crippen molar-refractivity contribution in [3.05, 3.63) is 48.3 Å². The van der Waals surface area contributed by atoms with Gasteiger partial charge in [-0.1, -0.05) is 12.1 Å². The molecule has 2 fully saturated rings. The number of likely N-dealkylation sites (tertiary alicyclic amines) is 1. The molecule has 26 heavy (non-hydrogen) atoms. The summed E-state index contributed by atoms with van der Waals surface area (Å²) in [6.07, 6.45) is 5.62. The van der Waals surface area contributed by atoms with E-state index in [0.717, 1.165) is 44.6 Å². The Balaban J connectivity index is 1.29. The molecule has 6 nitrogen and oxygen atoms in total. The minimum atomic E-state index is -0.0110. The summed E-state index contributed by atoms with van der Waals surface area (Å²) in [6, 6.07) is 9.76. The Bertz CT molecular complexity index is 719. The lowest BCUT2D eigenvalue weighted by atomic mass is 9.79. The van der Waals surface area contributed by atoms with E-state index in [2.05, 4.69) is 20.9 Å². The second kappa shape index (κ2) is 7.60. The maximum Gasteiger partial charge on any atom is 0.217 e. The highest BCUT2D eigenvalue weighted by atomic mass is 16.5. The van der Waals surface area contributed by atoms with E-state index < -0.39 is 0 Å². The van der Waals surface area contributed by atoms with Crippen molar-refractivity contribution in [3.8, 4) is 11.8 Å². The lowest BCUT2D eigenvalue weighted by molar-refractivity contribution is -0.138. The molecular formula is C20H25N3O3. The van der Waals surface area contributed by atoms with Crippen LogP contribution in [-0.2, 0) is 11.3 Å². The molecule has 4 heterocycles. The van der Waals surface area contributed by atoms with Gasteiger partial charge in [0.05, 0.1) is 19.3 Å². The average Bonchev–Trinajstić information content (AvgIpc) is 3.07. The van der Waals surface area contributed by atoms with Gasteiger partial charge < -0.3 is 14.2 Å². The van der Waals surface area contributed by atoms with Gasteiger partial charge in [-0.3, -0.25) is 4.90 Å². The molecule has 2 aromatic heterocycles. The number of ether oxygens (including phenoxy) is 3. The molecule has 0 saturated carbocycles. The van der Waals surface area contributed by atoms with Gasteiger partial charge in [0.15, 0.2) is 0 Å². The van der Waals surface area contributed by atoms with Crippen LogP contribution >= 0.6 is 0 Å². The van der Waals surface area contributed by atoms with Crippen molar-refractivity contribution >= 4 is 0 Å². The van der Waals surface area contributed by atoms with Crippen LogP contribution in [-0.4, -0.2) is 53.9 Å². The van der Waals surface area contributed by atoms with Crippen LogP contribution in [0.25, 0.3) is 0 Å². The second-order valence-corrected chi connectivity index (χ2v) is 7.02. The molecule has 0 radical (unpaired) electrons. The fraction of sp³-hybridized carbons (Fsp3) is 0.500. The van der Waals surface area contributed by atoms with Crippen LogP contribution in [0.3, 0.4) is 0 Å². The molecule has 0 bridgehead atoms. The summed E-state index contributed by atoms with van der Waals surface area (Å²) in [5.41, 5.74) is 1.11. The first-order valence-electron chi connectivity index (χ1n) is 9.17. The Morgan fingerprint density at radius 1 is 1.19 bits per heavy atom. The molecule has 1 spiro atoms. The first-order valence-corrected chi connectivity index (χ1v) is 9.17. The predicted molar refractivity (Wildman–Crippen MR) is 97.2 cm³/mol. The van der Waals surface area contributed by atoms with Crippen molar-refractivity contribution in [1.29, 1.82) is 0 Å². The molecule has 0 amide bonds. The van der Waals surface area contributed by atoms with E-state index in [1.54, 1.807) is 19.5 Å². The number of aromatic nitrogens is 2. The van der Waals surface area contributed by atoms with E-state index in [4.69, 9.17) is 14.2 Å². The van der Waals surface area contributed by atoms with Crippen molar-refractivity contribution in [2.24, 2.45) is 5.92 Å². The van der Waals surface area contributed by atoms with E-state index in [-0.39, 0.29) is 5.60 Å². The van der Waals surface area contributed by atoms with Crippen molar-refractivity contribution < 1.29 is 14.2 Å². The highest BCUT2D eigenvalue weighted by Crippen LogP contribution is 2.42. The lowest BCUT2D eigenvalue weighted by Gasteiger charge is -2.50. The number of nitrogens with zero attached hydrogens (tertiary/aromatic N) is 3. The highest BCUT2D eigenvalue weighted by Gasteiger charge is 2.52. The fourth-order valence-electron chi connectivity index (χ4n) is 4.07. The number of rotatable bonds is 7. The van der Waals surface area contributed by atoms with Crippen molar-refractivity contribution in [1.82, 2.24) is 14.9 Å². The van der Waals surface area contributed by atoms with Crippen molar-refractivity contribution in [3.63, 3.8) is 0 Å². The topological polar surface area (TPSA) is 56.7 Å². The first kappa shape index (κ1) is 17.2. The van der Waals surface area contributed by atoms with E-state index >= 15 is 0 Å². The number of hydrogen-bond donors (Lipinski definition) is 0. The maximum atomic E-state index is 6.16. The van der Waals surface area contributed by atoms with Gasteiger partial charge in [-0.05, 0) is 30.9 Å². The fourth-order valence-corrected chi connectivity index (χ4v) is 4.07. The Kier molecular flexibility index (Phi) is 5.04. The molecule has 2 aromatic rings. The molecule has 2 aliphatic rings. The summed E-state index contributed by atoms with van der Waals surface area (Å²) in [6.45, 7) is 4.29. The monoisotopic (exact) mass is 355 g/mol. The Morgan fingerprint density at radius 2 is 2.08 bits per heavy atom. The van der Waals surface area contributed by atoms with Gasteiger partial charge in [0, 0.05) is 50.3 Å². The normalized spacial score (nSPS) is 21.5. The van der Waals surface area contributed by atoms with Crippen molar-refractivity contribution in [2.75, 3.05) is 33.4 Å². The van der Waals surface area contributed by atoms with Crippen LogP contribution in [0.5, 0.6) is 11.8 Å². The zero-order chi connectivity index (χ0) is 17.8. The van der Waals surface area contributed by atoms with E-state index in [0.29, 0.717) is 24.3 Å². The highest BCUT2D eigenvalue weighted by molar-refractivity contribution is 5.26. The molecule has 0 aromatic carbocycles. The van der Waals surface area contributed by atoms with E-state index in [1.165, 1.54) is 0 Å². The summed E-state index contributed by atoms with van der Waals surface area (Å²) < 4.78 is 17.3. The van der Waals surface area contributed by atoms with E-state index in [9.17, 15) is 0 Å². The van der Waals surface area contributed by atoms with Crippen LogP contribution in [0.1, 0.15) is 18.4 Å². The van der Waals surface area contributed by atoms with Gasteiger partial charge in [0.2, 0.25) is 11.8 Å². The molecule has 0 aliphatic carbocycles. The number of methoxy groups -OCH3 is 1. The molecule has 2 aliphatic heterocycles. The third kappa shape index (κ3) is 3.52. The maximum absolute atomic E-state index is 6.16. The number of hydrogen-bond acceptors (Lipinski definition) is 6. The van der Waals surface area contributed by atoms with Gasteiger partial charge in [-0.25, -0.2) is 9.97 Å². The summed E-state index contributed by atoms with van der Waals surface area (Å²) >= 11 is 0. The Morgan fingerprint density at radius 3 is 2.88 bits per heavy atom. The number of pyridine rings is 2. The summed E-state index contributed by atoms with van der Waals surface area (Å²) in [4.78, 5) is 10.9. The summed E-state index contributed by atoms with van der Waals surface area (Å²) in [7, 11) is 1.67. The lowest BCUT2D eigenvalue weighted by Crippen LogP contribution is -2.64. The van der Waals surface area contributed by atoms with Crippen molar-refractivity contribution in [2.45, 2.75) is 25.0 Å². The SMILES string of the molecule is COc1ncccc1CN1CC2(C1)OCCC2CCOc1ccccn1. The quantitative estimate of drug-likeness (QED) is 0.761. The summed E-state index contributed by atoms with van der Waals surface area (Å²) in [5, 5.41) is 0. The molecule has 1 atom stereocenters. The van der Waals surface area contributed by atoms with Gasteiger partial charge in [0.1, 0.15) is 0 Å². The Hall–Kier alpha value is -2.18. The van der Waals surface area contributed by atoms with Crippen LogP contribution < -0.4 is 9.47 Å². The first-order chi connectivity index (χ1) is 12.8. The second-order valence-electron chi connectivity index (χ2n) is 7.02. The van der Waals surface area contributed by atoms with Gasteiger partial charge >= 0.3 is 0 Å². The van der Waals surface area contributed by atoms with E-state index in [1.807, 2.05) is 24.3 Å². The zero-order valence-electron chi connectivity index (χ0n) is 15.1.